The van der Waals surface area contributed by atoms with Crippen molar-refractivity contribution >= 4 is 6.08 Å². The third kappa shape index (κ3) is 2.17. The normalized spacial score (nSPS) is 25.5. The standard InChI is InChI=1S/C10H16N2O/c13-9-11-10(3-4-10)5-8-12-6-1-2-7-12/h1-8H2. The molecular weight excluding hydrogens is 164 g/mol. The molecule has 1 saturated heterocycles. The largest absolute Gasteiger partial charge is 0.303 e. The lowest BCUT2D eigenvalue weighted by Crippen LogP contribution is -2.24. The quantitative estimate of drug-likeness (QED) is 0.483. The van der Waals surface area contributed by atoms with E-state index < -0.39 is 0 Å². The highest BCUT2D eigenvalue weighted by molar-refractivity contribution is 5.36. The predicted molar refractivity (Wildman–Crippen MR) is 50.4 cm³/mol. The van der Waals surface area contributed by atoms with E-state index in [-0.39, 0.29) is 5.54 Å². The van der Waals surface area contributed by atoms with Gasteiger partial charge >= 0.3 is 0 Å². The molecule has 0 aromatic heterocycles. The molecule has 0 N–H and O–H groups in total. The van der Waals surface area contributed by atoms with E-state index >= 15 is 0 Å². The summed E-state index contributed by atoms with van der Waals surface area (Å²) in [6.07, 6.45) is 7.62. The Morgan fingerprint density at radius 2 is 2.00 bits per heavy atom. The van der Waals surface area contributed by atoms with Crippen LogP contribution in [0.1, 0.15) is 32.1 Å². The number of isocyanates is 1. The molecule has 0 radical (unpaired) electrons. The molecule has 2 fully saturated rings. The molecule has 0 aromatic carbocycles. The summed E-state index contributed by atoms with van der Waals surface area (Å²) in [7, 11) is 0. The molecule has 3 heteroatoms. The number of nitrogens with zero attached hydrogens (tertiary/aromatic N) is 2. The fourth-order valence-electron chi connectivity index (χ4n) is 2.03. The third-order valence-corrected chi connectivity index (χ3v) is 3.20. The van der Waals surface area contributed by atoms with Crippen molar-refractivity contribution < 1.29 is 4.79 Å². The van der Waals surface area contributed by atoms with Crippen LogP contribution in [-0.2, 0) is 4.79 Å². The van der Waals surface area contributed by atoms with E-state index in [1.165, 1.54) is 25.9 Å². The van der Waals surface area contributed by atoms with Gasteiger partial charge in [-0.1, -0.05) is 0 Å². The van der Waals surface area contributed by atoms with Gasteiger partial charge in [-0.15, -0.1) is 0 Å². The van der Waals surface area contributed by atoms with Crippen LogP contribution in [0.5, 0.6) is 0 Å². The average molecular weight is 180 g/mol. The van der Waals surface area contributed by atoms with Gasteiger partial charge in [0.15, 0.2) is 0 Å². The Balaban J connectivity index is 1.75. The van der Waals surface area contributed by atoms with Crippen molar-refractivity contribution in [2.24, 2.45) is 4.99 Å². The number of likely N-dealkylation sites (tertiary alicyclic amines) is 1. The summed E-state index contributed by atoms with van der Waals surface area (Å²) in [5, 5.41) is 0. The summed E-state index contributed by atoms with van der Waals surface area (Å²) in [5.74, 6) is 0. The van der Waals surface area contributed by atoms with Gasteiger partial charge < -0.3 is 4.90 Å². The lowest BCUT2D eigenvalue weighted by molar-refractivity contribution is 0.318. The zero-order chi connectivity index (χ0) is 9.15. The smallest absolute Gasteiger partial charge is 0.235 e. The minimum atomic E-state index is 0.0182. The fourth-order valence-corrected chi connectivity index (χ4v) is 2.03. The van der Waals surface area contributed by atoms with Crippen LogP contribution in [0.2, 0.25) is 0 Å². The zero-order valence-corrected chi connectivity index (χ0v) is 7.96. The molecule has 3 nitrogen and oxygen atoms in total. The number of carbonyl (C=O) groups excluding carboxylic acids is 1. The minimum Gasteiger partial charge on any atom is -0.303 e. The van der Waals surface area contributed by atoms with E-state index in [0.29, 0.717) is 0 Å². The Morgan fingerprint density at radius 1 is 1.31 bits per heavy atom. The van der Waals surface area contributed by atoms with Crippen molar-refractivity contribution in [2.45, 2.75) is 37.6 Å². The van der Waals surface area contributed by atoms with Gasteiger partial charge in [-0.05, 0) is 45.2 Å². The highest BCUT2D eigenvalue weighted by Gasteiger charge is 2.42. The Labute approximate surface area is 78.8 Å². The van der Waals surface area contributed by atoms with Gasteiger partial charge in [0.25, 0.3) is 0 Å². The van der Waals surface area contributed by atoms with Gasteiger partial charge in [0.1, 0.15) is 0 Å². The maximum Gasteiger partial charge on any atom is 0.235 e. The highest BCUT2D eigenvalue weighted by Crippen LogP contribution is 2.42. The fraction of sp³-hybridized carbons (Fsp3) is 0.900. The van der Waals surface area contributed by atoms with E-state index in [1.54, 1.807) is 6.08 Å². The van der Waals surface area contributed by atoms with Crippen LogP contribution in [0.4, 0.5) is 0 Å². The van der Waals surface area contributed by atoms with Gasteiger partial charge in [0, 0.05) is 6.54 Å². The second-order valence-electron chi connectivity index (χ2n) is 4.23. The summed E-state index contributed by atoms with van der Waals surface area (Å²) >= 11 is 0. The predicted octanol–water partition coefficient (Wildman–Crippen LogP) is 1.34. The molecule has 1 heterocycles. The lowest BCUT2D eigenvalue weighted by atomic mass is 10.2. The maximum atomic E-state index is 10.2. The number of hydrogen-bond acceptors (Lipinski definition) is 3. The van der Waals surface area contributed by atoms with Crippen molar-refractivity contribution in [1.29, 1.82) is 0 Å². The topological polar surface area (TPSA) is 32.7 Å². The van der Waals surface area contributed by atoms with Crippen LogP contribution in [0.25, 0.3) is 0 Å². The van der Waals surface area contributed by atoms with Crippen molar-refractivity contribution in [3.8, 4) is 0 Å². The number of aliphatic imine (C=N–C) groups is 1. The zero-order valence-electron chi connectivity index (χ0n) is 7.96. The van der Waals surface area contributed by atoms with E-state index in [1.807, 2.05) is 0 Å². The summed E-state index contributed by atoms with van der Waals surface area (Å²) < 4.78 is 0. The second kappa shape index (κ2) is 3.60. The molecule has 0 amide bonds. The van der Waals surface area contributed by atoms with Gasteiger partial charge in [0.05, 0.1) is 5.54 Å². The summed E-state index contributed by atoms with van der Waals surface area (Å²) in [4.78, 5) is 16.5. The van der Waals surface area contributed by atoms with Crippen LogP contribution >= 0.6 is 0 Å². The molecule has 72 valence electrons. The second-order valence-corrected chi connectivity index (χ2v) is 4.23. The van der Waals surface area contributed by atoms with E-state index in [9.17, 15) is 4.79 Å². The third-order valence-electron chi connectivity index (χ3n) is 3.20. The van der Waals surface area contributed by atoms with Gasteiger partial charge in [0.2, 0.25) is 6.08 Å². The molecule has 0 spiro atoms. The maximum absolute atomic E-state index is 10.2. The molecule has 1 aliphatic heterocycles. The Kier molecular flexibility index (Phi) is 2.47. The first kappa shape index (κ1) is 8.92. The van der Waals surface area contributed by atoms with Gasteiger partial charge in [-0.3, -0.25) is 0 Å². The molecule has 1 aliphatic carbocycles. The number of hydrogen-bond donors (Lipinski definition) is 0. The SMILES string of the molecule is O=C=NC1(CCN2CCCC2)CC1. The van der Waals surface area contributed by atoms with Crippen molar-refractivity contribution in [3.63, 3.8) is 0 Å². The molecule has 2 aliphatic rings. The summed E-state index contributed by atoms with van der Waals surface area (Å²) in [6.45, 7) is 3.59. The molecule has 0 aromatic rings. The molecule has 1 saturated carbocycles. The first-order valence-electron chi connectivity index (χ1n) is 5.16. The molecule has 13 heavy (non-hydrogen) atoms. The van der Waals surface area contributed by atoms with Crippen LogP contribution in [-0.4, -0.2) is 36.2 Å². The van der Waals surface area contributed by atoms with Gasteiger partial charge in [-0.25, -0.2) is 4.79 Å². The molecule has 0 atom stereocenters. The average Bonchev–Trinajstić information content (AvgIpc) is 2.71. The monoisotopic (exact) mass is 180 g/mol. The minimum absolute atomic E-state index is 0.0182. The van der Waals surface area contributed by atoms with E-state index in [0.717, 1.165) is 25.8 Å². The molecule has 0 unspecified atom stereocenters. The van der Waals surface area contributed by atoms with Gasteiger partial charge in [-0.2, -0.15) is 4.99 Å². The first-order valence-corrected chi connectivity index (χ1v) is 5.16. The molecule has 0 bridgehead atoms. The highest BCUT2D eigenvalue weighted by atomic mass is 16.1. The van der Waals surface area contributed by atoms with Crippen LogP contribution in [0.15, 0.2) is 4.99 Å². The van der Waals surface area contributed by atoms with Crippen LogP contribution in [0, 0.1) is 0 Å². The van der Waals surface area contributed by atoms with Crippen LogP contribution in [0.3, 0.4) is 0 Å². The van der Waals surface area contributed by atoms with Crippen molar-refractivity contribution in [1.82, 2.24) is 4.90 Å². The van der Waals surface area contributed by atoms with Crippen molar-refractivity contribution in [2.75, 3.05) is 19.6 Å². The summed E-state index contributed by atoms with van der Waals surface area (Å²) in [6, 6.07) is 0. The lowest BCUT2D eigenvalue weighted by Gasteiger charge is -2.16. The van der Waals surface area contributed by atoms with Crippen molar-refractivity contribution in [3.05, 3.63) is 0 Å². The summed E-state index contributed by atoms with van der Waals surface area (Å²) in [5.41, 5.74) is 0.0182. The first-order chi connectivity index (χ1) is 6.35. The Morgan fingerprint density at radius 3 is 2.54 bits per heavy atom. The van der Waals surface area contributed by atoms with Crippen LogP contribution < -0.4 is 0 Å². The van der Waals surface area contributed by atoms with E-state index in [2.05, 4.69) is 9.89 Å². The van der Waals surface area contributed by atoms with E-state index in [4.69, 9.17) is 0 Å². The molecule has 2 rings (SSSR count). The Hall–Kier alpha value is -0.660. The molecular formula is C10H16N2O. The number of rotatable bonds is 4. The Bertz CT molecular complexity index is 223.